The van der Waals surface area contributed by atoms with Crippen LogP contribution in [0.2, 0.25) is 0 Å². The molecule has 0 aromatic heterocycles. The summed E-state index contributed by atoms with van der Waals surface area (Å²) in [5, 5.41) is 0. The summed E-state index contributed by atoms with van der Waals surface area (Å²) in [6.07, 6.45) is 7.36. The van der Waals surface area contributed by atoms with Crippen LogP contribution < -0.4 is 0 Å². The van der Waals surface area contributed by atoms with E-state index in [9.17, 15) is 4.79 Å². The third kappa shape index (κ3) is 5.89. The van der Waals surface area contributed by atoms with Gasteiger partial charge in [-0.25, -0.2) is 0 Å². The molecule has 0 aliphatic heterocycles. The molecule has 0 bridgehead atoms. The van der Waals surface area contributed by atoms with Gasteiger partial charge in [-0.05, 0) is 25.2 Å². The molecule has 0 spiro atoms. The Morgan fingerprint density at radius 1 is 1.31 bits per heavy atom. The molecule has 1 unspecified atom stereocenters. The Morgan fingerprint density at radius 2 is 1.88 bits per heavy atom. The van der Waals surface area contributed by atoms with Crippen LogP contribution in [0.25, 0.3) is 0 Å². The average Bonchev–Trinajstić information content (AvgIpc) is 2.16. The third-order valence-corrected chi connectivity index (χ3v) is 2.84. The predicted octanol–water partition coefficient (Wildman–Crippen LogP) is 4.54. The van der Waals surface area contributed by atoms with E-state index >= 15 is 0 Å². The van der Waals surface area contributed by atoms with E-state index in [1.54, 1.807) is 0 Å². The molecule has 0 aliphatic carbocycles. The SMILES string of the molecule is CCC=C(C=C(C)C(C)(C)C)CC(C)C=O. The topological polar surface area (TPSA) is 17.1 Å². The van der Waals surface area contributed by atoms with Crippen molar-refractivity contribution in [1.29, 1.82) is 0 Å². The van der Waals surface area contributed by atoms with E-state index in [2.05, 4.69) is 46.8 Å². The fourth-order valence-electron chi connectivity index (χ4n) is 1.38. The first-order valence-electron chi connectivity index (χ1n) is 6.14. The van der Waals surface area contributed by atoms with Gasteiger partial charge in [-0.2, -0.15) is 0 Å². The summed E-state index contributed by atoms with van der Waals surface area (Å²) >= 11 is 0. The molecule has 0 rings (SSSR count). The smallest absolute Gasteiger partial charge is 0.123 e. The van der Waals surface area contributed by atoms with Crippen molar-refractivity contribution in [2.45, 2.75) is 54.4 Å². The van der Waals surface area contributed by atoms with Crippen molar-refractivity contribution in [1.82, 2.24) is 0 Å². The Labute approximate surface area is 101 Å². The van der Waals surface area contributed by atoms with Crippen LogP contribution in [-0.2, 0) is 4.79 Å². The first-order valence-corrected chi connectivity index (χ1v) is 6.14. The molecule has 0 amide bonds. The quantitative estimate of drug-likeness (QED) is 0.493. The molecule has 1 heteroatoms. The highest BCUT2D eigenvalue weighted by atomic mass is 16.1. The van der Waals surface area contributed by atoms with Gasteiger partial charge in [0.25, 0.3) is 0 Å². The molecule has 0 aliphatic rings. The maximum absolute atomic E-state index is 10.7. The molecule has 0 aromatic carbocycles. The van der Waals surface area contributed by atoms with E-state index in [1.165, 1.54) is 11.1 Å². The van der Waals surface area contributed by atoms with Crippen molar-refractivity contribution in [3.8, 4) is 0 Å². The van der Waals surface area contributed by atoms with Gasteiger partial charge in [0.05, 0.1) is 0 Å². The van der Waals surface area contributed by atoms with Gasteiger partial charge in [0, 0.05) is 5.92 Å². The van der Waals surface area contributed by atoms with E-state index in [0.29, 0.717) is 0 Å². The Kier molecular flexibility index (Phi) is 6.32. The zero-order valence-electron chi connectivity index (χ0n) is 11.6. The Morgan fingerprint density at radius 3 is 2.25 bits per heavy atom. The largest absolute Gasteiger partial charge is 0.303 e. The number of allylic oxidation sites excluding steroid dienone is 4. The number of carbonyl (C=O) groups excluding carboxylic acids is 1. The molecule has 0 radical (unpaired) electrons. The van der Waals surface area contributed by atoms with Crippen LogP contribution >= 0.6 is 0 Å². The zero-order chi connectivity index (χ0) is 12.8. The van der Waals surface area contributed by atoms with Crippen LogP contribution in [0, 0.1) is 11.3 Å². The minimum absolute atomic E-state index is 0.113. The predicted molar refractivity (Wildman–Crippen MR) is 71.4 cm³/mol. The van der Waals surface area contributed by atoms with Gasteiger partial charge in [0.1, 0.15) is 6.29 Å². The number of aldehydes is 1. The molecule has 0 saturated heterocycles. The second-order valence-electron chi connectivity index (χ2n) is 5.58. The van der Waals surface area contributed by atoms with Crippen molar-refractivity contribution in [2.24, 2.45) is 11.3 Å². The molecule has 0 saturated carbocycles. The highest BCUT2D eigenvalue weighted by molar-refractivity contribution is 5.54. The lowest BCUT2D eigenvalue weighted by Crippen LogP contribution is -2.07. The summed E-state index contributed by atoms with van der Waals surface area (Å²) < 4.78 is 0. The van der Waals surface area contributed by atoms with Crippen molar-refractivity contribution in [3.63, 3.8) is 0 Å². The summed E-state index contributed by atoms with van der Waals surface area (Å²) in [5.41, 5.74) is 2.86. The standard InChI is InChI=1S/C15H26O/c1-7-8-14(9-12(2)11-16)10-13(3)15(4,5)6/h8,10-12H,7,9H2,1-6H3. The molecule has 92 valence electrons. The minimum Gasteiger partial charge on any atom is -0.303 e. The summed E-state index contributed by atoms with van der Waals surface area (Å²) in [6, 6.07) is 0. The first-order chi connectivity index (χ1) is 7.31. The van der Waals surface area contributed by atoms with Crippen molar-refractivity contribution < 1.29 is 4.79 Å². The van der Waals surface area contributed by atoms with Gasteiger partial charge < -0.3 is 4.79 Å². The normalized spacial score (nSPS) is 16.1. The monoisotopic (exact) mass is 222 g/mol. The van der Waals surface area contributed by atoms with E-state index in [-0.39, 0.29) is 11.3 Å². The van der Waals surface area contributed by atoms with Gasteiger partial charge in [-0.15, -0.1) is 0 Å². The van der Waals surface area contributed by atoms with Crippen LogP contribution in [0.4, 0.5) is 0 Å². The zero-order valence-corrected chi connectivity index (χ0v) is 11.6. The second kappa shape index (κ2) is 6.67. The van der Waals surface area contributed by atoms with Crippen LogP contribution in [-0.4, -0.2) is 6.29 Å². The van der Waals surface area contributed by atoms with E-state index in [1.807, 2.05) is 6.92 Å². The van der Waals surface area contributed by atoms with Crippen molar-refractivity contribution in [3.05, 3.63) is 23.3 Å². The molecule has 0 N–H and O–H groups in total. The number of hydrogen-bond acceptors (Lipinski definition) is 1. The second-order valence-corrected chi connectivity index (χ2v) is 5.58. The van der Waals surface area contributed by atoms with Crippen LogP contribution in [0.15, 0.2) is 23.3 Å². The Hall–Kier alpha value is -0.850. The summed E-state index contributed by atoms with van der Waals surface area (Å²) in [5.74, 6) is 0.113. The summed E-state index contributed by atoms with van der Waals surface area (Å²) in [7, 11) is 0. The van der Waals surface area contributed by atoms with Gasteiger partial charge in [0.2, 0.25) is 0 Å². The van der Waals surface area contributed by atoms with Gasteiger partial charge in [0.15, 0.2) is 0 Å². The minimum atomic E-state index is 0.113. The average molecular weight is 222 g/mol. The molecular formula is C15H26O. The summed E-state index contributed by atoms with van der Waals surface area (Å²) in [6.45, 7) is 12.9. The molecule has 16 heavy (non-hydrogen) atoms. The fraction of sp³-hybridized carbons (Fsp3) is 0.667. The van der Waals surface area contributed by atoms with Gasteiger partial charge in [-0.1, -0.05) is 57.9 Å². The molecule has 0 aromatic rings. The van der Waals surface area contributed by atoms with Gasteiger partial charge in [-0.3, -0.25) is 0 Å². The maximum Gasteiger partial charge on any atom is 0.123 e. The molecule has 1 atom stereocenters. The van der Waals surface area contributed by atoms with Crippen LogP contribution in [0.5, 0.6) is 0 Å². The first kappa shape index (κ1) is 15.2. The van der Waals surface area contributed by atoms with Crippen LogP contribution in [0.3, 0.4) is 0 Å². The number of hydrogen-bond donors (Lipinski definition) is 0. The van der Waals surface area contributed by atoms with E-state index in [4.69, 9.17) is 0 Å². The fourth-order valence-corrected chi connectivity index (χ4v) is 1.38. The summed E-state index contributed by atoms with van der Waals surface area (Å²) in [4.78, 5) is 10.7. The Bertz CT molecular complexity index is 276. The number of carbonyl (C=O) groups is 1. The van der Waals surface area contributed by atoms with Crippen LogP contribution in [0.1, 0.15) is 54.4 Å². The highest BCUT2D eigenvalue weighted by Crippen LogP contribution is 2.27. The molecule has 0 heterocycles. The van der Waals surface area contributed by atoms with Crippen molar-refractivity contribution in [2.75, 3.05) is 0 Å². The van der Waals surface area contributed by atoms with Gasteiger partial charge >= 0.3 is 0 Å². The van der Waals surface area contributed by atoms with Crippen molar-refractivity contribution >= 4 is 6.29 Å². The Balaban J connectivity index is 4.83. The lowest BCUT2D eigenvalue weighted by molar-refractivity contribution is -0.110. The molecule has 0 fully saturated rings. The third-order valence-electron chi connectivity index (χ3n) is 2.84. The highest BCUT2D eigenvalue weighted by Gasteiger charge is 2.13. The lowest BCUT2D eigenvalue weighted by Gasteiger charge is -2.20. The van der Waals surface area contributed by atoms with E-state index < -0.39 is 0 Å². The molecular weight excluding hydrogens is 196 g/mol. The molecule has 1 nitrogen and oxygen atoms in total. The number of rotatable bonds is 5. The van der Waals surface area contributed by atoms with E-state index in [0.717, 1.165) is 19.1 Å². The maximum atomic E-state index is 10.7. The lowest BCUT2D eigenvalue weighted by atomic mass is 9.85.